The zero-order valence-corrected chi connectivity index (χ0v) is 30.0. The summed E-state index contributed by atoms with van der Waals surface area (Å²) in [5.74, 6) is 0. The van der Waals surface area contributed by atoms with Crippen molar-refractivity contribution in [2.75, 3.05) is 0 Å². The van der Waals surface area contributed by atoms with Gasteiger partial charge in [0.2, 0.25) is 0 Å². The number of rotatable bonds is 5. The van der Waals surface area contributed by atoms with Crippen LogP contribution in [0.15, 0.2) is 212 Å². The zero-order chi connectivity index (χ0) is 48.8. The van der Waals surface area contributed by atoms with Gasteiger partial charge in [-0.15, -0.1) is 0 Å². The van der Waals surface area contributed by atoms with Gasteiger partial charge in [0.25, 0.3) is 0 Å². The van der Waals surface area contributed by atoms with Crippen molar-refractivity contribution in [3.05, 3.63) is 212 Å². The van der Waals surface area contributed by atoms with Gasteiger partial charge < -0.3 is 13.7 Å². The van der Waals surface area contributed by atoms with Crippen LogP contribution in [0.3, 0.4) is 0 Å². The maximum absolute atomic E-state index is 9.76. The van der Waals surface area contributed by atoms with E-state index in [1.54, 1.807) is 4.57 Å². The number of hydrogen-bond acceptors (Lipinski definition) is 0. The number of para-hydroxylation sites is 5. The van der Waals surface area contributed by atoms with Gasteiger partial charge in [-0.3, -0.25) is 0 Å². The first-order valence-corrected chi connectivity index (χ1v) is 18.6. The first-order valence-electron chi connectivity index (χ1n) is 25.1. The van der Waals surface area contributed by atoms with Gasteiger partial charge in [0, 0.05) is 43.7 Å². The molecule has 9 aromatic carbocycles. The molecule has 266 valence electrons. The minimum atomic E-state index is -0.757. The summed E-state index contributed by atoms with van der Waals surface area (Å²) < 4.78 is 122. The van der Waals surface area contributed by atoms with E-state index in [9.17, 15) is 5.48 Å². The summed E-state index contributed by atoms with van der Waals surface area (Å²) in [6.07, 6.45) is 0. The van der Waals surface area contributed by atoms with E-state index in [1.165, 1.54) is 0 Å². The van der Waals surface area contributed by atoms with Gasteiger partial charge in [0.15, 0.2) is 0 Å². The van der Waals surface area contributed by atoms with Crippen molar-refractivity contribution in [2.45, 2.75) is 0 Å². The fraction of sp³-hybridized carbons (Fsp3) is 0. The molecule has 3 heteroatoms. The van der Waals surface area contributed by atoms with E-state index in [0.717, 1.165) is 65.8 Å². The van der Waals surface area contributed by atoms with Gasteiger partial charge >= 0.3 is 0 Å². The van der Waals surface area contributed by atoms with Crippen molar-refractivity contribution in [1.29, 1.82) is 0 Å². The molecule has 0 aliphatic carbocycles. The SMILES string of the molecule is [2H]c1c([2H])c([2H])c(-c2c([2H])c([2H])c(-c3c([2H])c([2H])c([2H])c(-n4c5ccccc5c5cc(-n6c7ccccc7c7cccc(-n8c9ccccc9c9ccccc98)c76)ccc54)c3[2H])c([2H])c2[2H])c([2H])c1[2H]. The topological polar surface area (TPSA) is 14.8 Å². The van der Waals surface area contributed by atoms with Gasteiger partial charge in [-0.2, -0.15) is 0 Å². The Balaban J connectivity index is 1.11. The molecule has 0 saturated carbocycles. The minimum absolute atomic E-state index is 0.118. The third kappa shape index (κ3) is 4.79. The predicted molar refractivity (Wildman–Crippen MR) is 240 cm³/mol. The minimum Gasteiger partial charge on any atom is -0.309 e. The average molecular weight is 739 g/mol. The summed E-state index contributed by atoms with van der Waals surface area (Å²) in [5, 5.41) is 5.89. The molecule has 57 heavy (non-hydrogen) atoms. The molecule has 12 aromatic rings. The molecule has 0 atom stereocenters. The van der Waals surface area contributed by atoms with Gasteiger partial charge in [-0.05, 0) is 82.9 Å². The zero-order valence-electron chi connectivity index (χ0n) is 43.0. The van der Waals surface area contributed by atoms with Crippen LogP contribution in [0.25, 0.3) is 105 Å². The monoisotopic (exact) mass is 738 g/mol. The van der Waals surface area contributed by atoms with Crippen LogP contribution in [0.5, 0.6) is 0 Å². The van der Waals surface area contributed by atoms with Crippen LogP contribution >= 0.6 is 0 Å². The number of fused-ring (bicyclic) bond motifs is 9. The van der Waals surface area contributed by atoms with E-state index in [1.807, 2.05) is 60.7 Å². The Morgan fingerprint density at radius 3 is 1.47 bits per heavy atom. The van der Waals surface area contributed by atoms with E-state index in [-0.39, 0.29) is 5.69 Å². The van der Waals surface area contributed by atoms with E-state index in [2.05, 4.69) is 81.9 Å². The first kappa shape index (κ1) is 21.5. The molecule has 0 aliphatic heterocycles. The number of benzene rings is 9. The molecule has 0 saturated heterocycles. The predicted octanol–water partition coefficient (Wildman–Crippen LogP) is 14.3. The van der Waals surface area contributed by atoms with Crippen LogP contribution in [0, 0.1) is 0 Å². The summed E-state index contributed by atoms with van der Waals surface area (Å²) in [6, 6.07) is 36.0. The van der Waals surface area contributed by atoms with E-state index >= 15 is 0 Å². The summed E-state index contributed by atoms with van der Waals surface area (Å²) in [4.78, 5) is 0. The van der Waals surface area contributed by atoms with Crippen molar-refractivity contribution in [2.24, 2.45) is 0 Å². The van der Waals surface area contributed by atoms with Crippen LogP contribution in [0.1, 0.15) is 17.8 Å². The van der Waals surface area contributed by atoms with Crippen molar-refractivity contribution in [3.8, 4) is 39.3 Å². The van der Waals surface area contributed by atoms with Gasteiger partial charge in [0.1, 0.15) is 0 Å². The number of nitrogens with zero attached hydrogens (tertiary/aromatic N) is 3. The molecule has 12 rings (SSSR count). The molecule has 3 heterocycles. The standard InChI is InChI=1S/C54H35N3/c1-2-14-36(15-3-1)37-28-30-38(31-29-37)39-16-12-17-40(34-39)55-48-23-8-7-21-45(48)47-35-41(32-33-52(47)55)56-49-24-9-6-20-44(49)46-22-13-27-53(54(46)56)57-50-25-10-4-18-42(50)43-19-5-11-26-51(43)57/h1-35H/i1D,2D,3D,12D,14D,15D,16D,17D,28D,29D,30D,31D,34D. The van der Waals surface area contributed by atoms with Crippen LogP contribution in [-0.2, 0) is 0 Å². The van der Waals surface area contributed by atoms with Gasteiger partial charge in [-0.25, -0.2) is 0 Å². The third-order valence-electron chi connectivity index (χ3n) is 10.9. The lowest BCUT2D eigenvalue weighted by Gasteiger charge is -2.15. The lowest BCUT2D eigenvalue weighted by Crippen LogP contribution is -2.01. The molecule has 0 bridgehead atoms. The Kier molecular flexibility index (Phi) is 4.69. The number of aromatic nitrogens is 3. The molecular weight excluding hydrogens is 691 g/mol. The molecule has 0 spiro atoms. The van der Waals surface area contributed by atoms with Crippen molar-refractivity contribution < 1.29 is 17.8 Å². The van der Waals surface area contributed by atoms with Crippen LogP contribution in [-0.4, -0.2) is 13.7 Å². The largest absolute Gasteiger partial charge is 0.309 e. The highest BCUT2D eigenvalue weighted by molar-refractivity contribution is 6.16. The number of hydrogen-bond donors (Lipinski definition) is 0. The molecular formula is C54H35N3. The van der Waals surface area contributed by atoms with Crippen LogP contribution in [0.2, 0.25) is 0 Å². The highest BCUT2D eigenvalue weighted by Crippen LogP contribution is 2.41. The van der Waals surface area contributed by atoms with Crippen molar-refractivity contribution >= 4 is 65.4 Å². The lowest BCUT2D eigenvalue weighted by atomic mass is 10.00. The van der Waals surface area contributed by atoms with Gasteiger partial charge in [0.05, 0.1) is 56.6 Å². The quantitative estimate of drug-likeness (QED) is 0.167. The summed E-state index contributed by atoms with van der Waals surface area (Å²) in [6.45, 7) is 0. The summed E-state index contributed by atoms with van der Waals surface area (Å²) in [7, 11) is 0. The Morgan fingerprint density at radius 1 is 0.316 bits per heavy atom. The van der Waals surface area contributed by atoms with Crippen LogP contribution < -0.4 is 0 Å². The van der Waals surface area contributed by atoms with Crippen LogP contribution in [0.4, 0.5) is 0 Å². The molecule has 3 aromatic heterocycles. The second-order valence-electron chi connectivity index (χ2n) is 13.9. The van der Waals surface area contributed by atoms with Crippen molar-refractivity contribution in [3.63, 3.8) is 0 Å². The Bertz CT molecular complexity index is 4190. The third-order valence-corrected chi connectivity index (χ3v) is 10.9. The van der Waals surface area contributed by atoms with E-state index in [0.29, 0.717) is 11.0 Å². The Labute approximate surface area is 347 Å². The van der Waals surface area contributed by atoms with Gasteiger partial charge in [-0.1, -0.05) is 151 Å². The fourth-order valence-corrected chi connectivity index (χ4v) is 8.48. The molecule has 0 N–H and O–H groups in total. The van der Waals surface area contributed by atoms with E-state index < -0.39 is 101 Å². The summed E-state index contributed by atoms with van der Waals surface area (Å²) >= 11 is 0. The van der Waals surface area contributed by atoms with Crippen molar-refractivity contribution in [1.82, 2.24) is 13.7 Å². The first-order chi connectivity index (χ1) is 33.7. The highest BCUT2D eigenvalue weighted by Gasteiger charge is 2.21. The van der Waals surface area contributed by atoms with E-state index in [4.69, 9.17) is 12.3 Å². The molecule has 0 radical (unpaired) electrons. The maximum atomic E-state index is 9.76. The molecule has 0 fully saturated rings. The molecule has 0 aliphatic rings. The normalized spacial score (nSPS) is 15.1. The Hall–Kier alpha value is -7.62. The highest BCUT2D eigenvalue weighted by atomic mass is 15.1. The smallest absolute Gasteiger partial charge is 0.0782 e. The molecule has 3 nitrogen and oxygen atoms in total. The molecule has 0 amide bonds. The second-order valence-corrected chi connectivity index (χ2v) is 13.9. The maximum Gasteiger partial charge on any atom is 0.0782 e. The molecule has 0 unspecified atom stereocenters. The lowest BCUT2D eigenvalue weighted by molar-refractivity contribution is 1.13. The fourth-order valence-electron chi connectivity index (χ4n) is 8.48. The summed E-state index contributed by atoms with van der Waals surface area (Å²) in [5.41, 5.74) is 4.92. The average Bonchev–Trinajstić information content (AvgIpc) is 4.02. The second kappa shape index (κ2) is 12.5. The Morgan fingerprint density at radius 2 is 0.807 bits per heavy atom.